The highest BCUT2D eigenvalue weighted by Gasteiger charge is 2.33. The van der Waals surface area contributed by atoms with Gasteiger partial charge in [-0.05, 0) is 42.8 Å². The number of anilines is 2. The summed E-state index contributed by atoms with van der Waals surface area (Å²) in [5, 5.41) is 6.21. The van der Waals surface area contributed by atoms with Gasteiger partial charge in [0.1, 0.15) is 6.54 Å². The van der Waals surface area contributed by atoms with Crippen LogP contribution in [-0.2, 0) is 25.8 Å². The number of hydrogen-bond donors (Lipinski definition) is 2. The molecule has 0 aliphatic carbocycles. The van der Waals surface area contributed by atoms with Crippen LogP contribution in [0.25, 0.3) is 0 Å². The number of nitrogens with one attached hydrogen (secondary N) is 2. The maximum absolute atomic E-state index is 13.1. The molecule has 0 radical (unpaired) electrons. The van der Waals surface area contributed by atoms with E-state index in [1.54, 1.807) is 31.2 Å². The van der Waals surface area contributed by atoms with Crippen LogP contribution in [0.1, 0.15) is 25.0 Å². The van der Waals surface area contributed by atoms with E-state index < -0.39 is 39.9 Å². The van der Waals surface area contributed by atoms with Crippen LogP contribution in [-0.4, -0.2) is 38.7 Å². The van der Waals surface area contributed by atoms with Crippen LogP contribution in [0.15, 0.2) is 47.6 Å². The highest BCUT2D eigenvalue weighted by atomic mass is 35.5. The Kier molecular flexibility index (Phi) is 8.09. The van der Waals surface area contributed by atoms with Gasteiger partial charge in [-0.1, -0.05) is 23.7 Å². The van der Waals surface area contributed by atoms with E-state index >= 15 is 0 Å². The molecule has 0 spiro atoms. The standard InChI is InChI=1S/C20H20ClF3N4O4S/c1-12(14-5-4-6-16(9-14)25-13(2)29)26-27-19(30)11-28(33(3,31)32)18-10-15(20(22,23)24)7-8-17(18)21/h4-10H,11H2,1-3H3,(H,25,29)(H,27,30)/b26-12-. The molecule has 178 valence electrons. The molecule has 0 fully saturated rings. The van der Waals surface area contributed by atoms with Gasteiger partial charge in [-0.2, -0.15) is 18.3 Å². The molecule has 0 saturated carbocycles. The third kappa shape index (κ3) is 7.46. The van der Waals surface area contributed by atoms with Gasteiger partial charge >= 0.3 is 6.18 Å². The highest BCUT2D eigenvalue weighted by molar-refractivity contribution is 7.92. The Labute approximate surface area is 193 Å². The zero-order chi connectivity index (χ0) is 25.0. The Morgan fingerprint density at radius 2 is 1.79 bits per heavy atom. The quantitative estimate of drug-likeness (QED) is 0.443. The van der Waals surface area contributed by atoms with Gasteiger partial charge in [-0.15, -0.1) is 0 Å². The lowest BCUT2D eigenvalue weighted by Crippen LogP contribution is -2.39. The van der Waals surface area contributed by atoms with Crippen LogP contribution < -0.4 is 15.0 Å². The largest absolute Gasteiger partial charge is 0.416 e. The van der Waals surface area contributed by atoms with Crippen LogP contribution in [0.5, 0.6) is 0 Å². The topological polar surface area (TPSA) is 108 Å². The van der Waals surface area contributed by atoms with Crippen molar-refractivity contribution in [1.29, 1.82) is 0 Å². The van der Waals surface area contributed by atoms with E-state index in [0.29, 0.717) is 33.4 Å². The van der Waals surface area contributed by atoms with Crippen molar-refractivity contribution < 1.29 is 31.2 Å². The van der Waals surface area contributed by atoms with Gasteiger partial charge in [0, 0.05) is 12.6 Å². The molecule has 0 bridgehead atoms. The Bertz CT molecular complexity index is 1200. The van der Waals surface area contributed by atoms with E-state index in [1.807, 2.05) is 0 Å². The fourth-order valence-electron chi connectivity index (χ4n) is 2.66. The van der Waals surface area contributed by atoms with Crippen LogP contribution in [0.3, 0.4) is 0 Å². The molecule has 0 heterocycles. The minimum Gasteiger partial charge on any atom is -0.326 e. The van der Waals surface area contributed by atoms with E-state index in [-0.39, 0.29) is 10.9 Å². The number of amides is 2. The second kappa shape index (κ2) is 10.2. The molecule has 2 rings (SSSR count). The van der Waals surface area contributed by atoms with Crippen LogP contribution in [0.4, 0.5) is 24.5 Å². The number of alkyl halides is 3. The number of carbonyl (C=O) groups is 2. The van der Waals surface area contributed by atoms with Crippen molar-refractivity contribution in [2.75, 3.05) is 22.4 Å². The van der Waals surface area contributed by atoms with Crippen molar-refractivity contribution in [1.82, 2.24) is 5.43 Å². The lowest BCUT2D eigenvalue weighted by molar-refractivity contribution is -0.137. The maximum atomic E-state index is 13.1. The van der Waals surface area contributed by atoms with E-state index in [1.165, 1.54) is 6.92 Å². The molecule has 0 saturated heterocycles. The third-order valence-electron chi connectivity index (χ3n) is 4.18. The summed E-state index contributed by atoms with van der Waals surface area (Å²) in [6, 6.07) is 8.75. The summed E-state index contributed by atoms with van der Waals surface area (Å²) in [7, 11) is -4.17. The zero-order valence-corrected chi connectivity index (χ0v) is 19.3. The second-order valence-corrected chi connectivity index (χ2v) is 9.24. The molecule has 0 unspecified atom stereocenters. The maximum Gasteiger partial charge on any atom is 0.416 e. The number of hydrogen-bond acceptors (Lipinski definition) is 5. The fraction of sp³-hybridized carbons (Fsp3) is 0.250. The fourth-order valence-corrected chi connectivity index (χ4v) is 3.79. The molecule has 2 aromatic rings. The Morgan fingerprint density at radius 1 is 1.12 bits per heavy atom. The molecule has 2 aromatic carbocycles. The number of sulfonamides is 1. The molecule has 0 aliphatic rings. The molecule has 8 nitrogen and oxygen atoms in total. The first-order chi connectivity index (χ1) is 15.2. The Hall–Kier alpha value is -3.12. The van der Waals surface area contributed by atoms with Crippen molar-refractivity contribution in [2.45, 2.75) is 20.0 Å². The number of carbonyl (C=O) groups excluding carboxylic acids is 2. The monoisotopic (exact) mass is 504 g/mol. The average Bonchev–Trinajstić information content (AvgIpc) is 2.69. The predicted octanol–water partition coefficient (Wildman–Crippen LogP) is 3.62. The molecular weight excluding hydrogens is 485 g/mol. The summed E-state index contributed by atoms with van der Waals surface area (Å²) in [6.45, 7) is 2.05. The first-order valence-electron chi connectivity index (χ1n) is 9.24. The summed E-state index contributed by atoms with van der Waals surface area (Å²) in [6.07, 6.45) is -4.00. The molecule has 13 heteroatoms. The van der Waals surface area contributed by atoms with Crippen molar-refractivity contribution in [3.05, 3.63) is 58.6 Å². The minimum atomic E-state index is -4.74. The lowest BCUT2D eigenvalue weighted by Gasteiger charge is -2.23. The van der Waals surface area contributed by atoms with Crippen LogP contribution in [0.2, 0.25) is 5.02 Å². The van der Waals surface area contributed by atoms with Gasteiger partial charge in [-0.3, -0.25) is 13.9 Å². The second-order valence-electron chi connectivity index (χ2n) is 6.93. The van der Waals surface area contributed by atoms with E-state index in [4.69, 9.17) is 11.6 Å². The number of benzene rings is 2. The molecular formula is C20H20ClF3N4O4S. The van der Waals surface area contributed by atoms with Gasteiger partial charge < -0.3 is 5.32 Å². The van der Waals surface area contributed by atoms with E-state index in [0.717, 1.165) is 12.3 Å². The predicted molar refractivity (Wildman–Crippen MR) is 120 cm³/mol. The van der Waals surface area contributed by atoms with Gasteiger partial charge in [0.2, 0.25) is 15.9 Å². The lowest BCUT2D eigenvalue weighted by atomic mass is 10.1. The minimum absolute atomic E-state index is 0.274. The van der Waals surface area contributed by atoms with Crippen molar-refractivity contribution >= 4 is 50.5 Å². The van der Waals surface area contributed by atoms with Gasteiger partial charge in [0.15, 0.2) is 0 Å². The number of nitrogens with zero attached hydrogens (tertiary/aromatic N) is 2. The van der Waals surface area contributed by atoms with Crippen molar-refractivity contribution in [3.63, 3.8) is 0 Å². The molecule has 2 N–H and O–H groups in total. The van der Waals surface area contributed by atoms with Gasteiger partial charge in [0.05, 0.1) is 28.2 Å². The zero-order valence-electron chi connectivity index (χ0n) is 17.7. The first-order valence-corrected chi connectivity index (χ1v) is 11.5. The Balaban J connectivity index is 2.25. The summed E-state index contributed by atoms with van der Waals surface area (Å²) in [5.41, 5.74) is 1.95. The van der Waals surface area contributed by atoms with E-state index in [9.17, 15) is 31.2 Å². The Morgan fingerprint density at radius 3 is 2.36 bits per heavy atom. The first kappa shape index (κ1) is 26.1. The van der Waals surface area contributed by atoms with Gasteiger partial charge in [0.25, 0.3) is 5.91 Å². The number of hydrazone groups is 1. The molecule has 0 aliphatic heterocycles. The number of halogens is 4. The summed E-state index contributed by atoms with van der Waals surface area (Å²) >= 11 is 5.93. The normalized spacial score (nSPS) is 12.3. The summed E-state index contributed by atoms with van der Waals surface area (Å²) < 4.78 is 64.0. The van der Waals surface area contributed by atoms with Crippen LogP contribution in [0, 0.1) is 0 Å². The summed E-state index contributed by atoms with van der Waals surface area (Å²) in [4.78, 5) is 23.6. The molecule has 0 aromatic heterocycles. The highest BCUT2D eigenvalue weighted by Crippen LogP contribution is 2.36. The van der Waals surface area contributed by atoms with Crippen LogP contribution >= 0.6 is 11.6 Å². The average molecular weight is 505 g/mol. The third-order valence-corrected chi connectivity index (χ3v) is 5.62. The van der Waals surface area contributed by atoms with Gasteiger partial charge in [-0.25, -0.2) is 13.8 Å². The molecule has 33 heavy (non-hydrogen) atoms. The SMILES string of the molecule is CC(=O)Nc1cccc(/C(C)=N\NC(=O)CN(c2cc(C(F)(F)F)ccc2Cl)S(C)(=O)=O)c1. The molecule has 2 amide bonds. The summed E-state index contributed by atoms with van der Waals surface area (Å²) in [5.74, 6) is -1.18. The smallest absolute Gasteiger partial charge is 0.326 e. The van der Waals surface area contributed by atoms with Crippen molar-refractivity contribution in [2.24, 2.45) is 5.10 Å². The van der Waals surface area contributed by atoms with Crippen molar-refractivity contribution in [3.8, 4) is 0 Å². The molecule has 0 atom stereocenters. The number of rotatable bonds is 7. The van der Waals surface area contributed by atoms with E-state index in [2.05, 4.69) is 15.8 Å².